The van der Waals surface area contributed by atoms with Gasteiger partial charge in [0.15, 0.2) is 0 Å². The highest BCUT2D eigenvalue weighted by atomic mass is 19.1. The molecule has 0 amide bonds. The lowest BCUT2D eigenvalue weighted by atomic mass is 9.99. The SMILES string of the molecule is Cc1cc(C=O)c(CC2(O)CC2)cc1F. The molecular formula is C12H13FO2. The van der Waals surface area contributed by atoms with Crippen LogP contribution < -0.4 is 0 Å². The van der Waals surface area contributed by atoms with Crippen LogP contribution in [-0.2, 0) is 6.42 Å². The maximum atomic E-state index is 13.3. The van der Waals surface area contributed by atoms with Crippen LogP contribution in [-0.4, -0.2) is 17.0 Å². The van der Waals surface area contributed by atoms with Gasteiger partial charge in [0, 0.05) is 12.0 Å². The summed E-state index contributed by atoms with van der Waals surface area (Å²) in [6, 6.07) is 2.89. The summed E-state index contributed by atoms with van der Waals surface area (Å²) in [6.45, 7) is 1.62. The minimum Gasteiger partial charge on any atom is -0.390 e. The fourth-order valence-electron chi connectivity index (χ4n) is 1.68. The molecule has 0 unspecified atom stereocenters. The molecule has 0 saturated heterocycles. The maximum absolute atomic E-state index is 13.3. The molecule has 1 N–H and O–H groups in total. The van der Waals surface area contributed by atoms with Gasteiger partial charge in [0.25, 0.3) is 0 Å². The number of benzene rings is 1. The molecule has 1 aromatic rings. The van der Waals surface area contributed by atoms with E-state index in [1.165, 1.54) is 12.1 Å². The summed E-state index contributed by atoms with van der Waals surface area (Å²) in [6.07, 6.45) is 2.56. The number of carbonyl (C=O) groups is 1. The van der Waals surface area contributed by atoms with Gasteiger partial charge in [0.1, 0.15) is 12.1 Å². The first kappa shape index (κ1) is 10.3. The van der Waals surface area contributed by atoms with E-state index in [1.54, 1.807) is 6.92 Å². The second kappa shape index (κ2) is 3.42. The molecule has 0 bridgehead atoms. The number of aliphatic hydroxyl groups is 1. The molecule has 2 rings (SSSR count). The highest BCUT2D eigenvalue weighted by Crippen LogP contribution is 2.38. The molecule has 1 aliphatic rings. The van der Waals surface area contributed by atoms with E-state index in [0.29, 0.717) is 29.4 Å². The fourth-order valence-corrected chi connectivity index (χ4v) is 1.68. The molecule has 0 radical (unpaired) electrons. The van der Waals surface area contributed by atoms with E-state index in [-0.39, 0.29) is 5.82 Å². The molecule has 15 heavy (non-hydrogen) atoms. The highest BCUT2D eigenvalue weighted by Gasteiger charge is 2.40. The normalized spacial score (nSPS) is 17.5. The zero-order valence-corrected chi connectivity index (χ0v) is 8.59. The zero-order chi connectivity index (χ0) is 11.1. The fraction of sp³-hybridized carbons (Fsp3) is 0.417. The van der Waals surface area contributed by atoms with Crippen molar-refractivity contribution in [2.75, 3.05) is 0 Å². The predicted molar refractivity (Wildman–Crippen MR) is 54.4 cm³/mol. The monoisotopic (exact) mass is 208 g/mol. The van der Waals surface area contributed by atoms with Gasteiger partial charge in [-0.3, -0.25) is 4.79 Å². The summed E-state index contributed by atoms with van der Waals surface area (Å²) in [5, 5.41) is 9.72. The number of rotatable bonds is 3. The van der Waals surface area contributed by atoms with Crippen LogP contribution in [0.3, 0.4) is 0 Å². The lowest BCUT2D eigenvalue weighted by Crippen LogP contribution is -2.13. The van der Waals surface area contributed by atoms with E-state index in [2.05, 4.69) is 0 Å². The molecule has 1 fully saturated rings. The zero-order valence-electron chi connectivity index (χ0n) is 8.59. The van der Waals surface area contributed by atoms with E-state index in [0.717, 1.165) is 12.8 Å². The van der Waals surface area contributed by atoms with Crippen molar-refractivity contribution in [3.8, 4) is 0 Å². The minimum atomic E-state index is -0.695. The number of aldehydes is 1. The van der Waals surface area contributed by atoms with Crippen molar-refractivity contribution in [3.05, 3.63) is 34.6 Å². The molecule has 1 saturated carbocycles. The number of hydrogen-bond acceptors (Lipinski definition) is 2. The summed E-state index contributed by atoms with van der Waals surface area (Å²) >= 11 is 0. The van der Waals surface area contributed by atoms with E-state index in [9.17, 15) is 14.3 Å². The average molecular weight is 208 g/mol. The van der Waals surface area contributed by atoms with E-state index in [1.807, 2.05) is 0 Å². The summed E-state index contributed by atoms with van der Waals surface area (Å²) in [4.78, 5) is 10.8. The van der Waals surface area contributed by atoms with E-state index < -0.39 is 5.60 Å². The van der Waals surface area contributed by atoms with Crippen LogP contribution in [0.15, 0.2) is 12.1 Å². The van der Waals surface area contributed by atoms with Gasteiger partial charge in [-0.05, 0) is 43.0 Å². The molecule has 80 valence electrons. The third-order valence-corrected chi connectivity index (χ3v) is 2.89. The lowest BCUT2D eigenvalue weighted by molar-refractivity contribution is 0.112. The van der Waals surface area contributed by atoms with Gasteiger partial charge in [-0.25, -0.2) is 4.39 Å². The molecule has 2 nitrogen and oxygen atoms in total. The van der Waals surface area contributed by atoms with Crippen LogP contribution >= 0.6 is 0 Å². The standard InChI is InChI=1S/C12H13FO2/c1-8-4-10(7-14)9(5-11(8)13)6-12(15)2-3-12/h4-5,7,15H,2-3,6H2,1H3. The van der Waals surface area contributed by atoms with Crippen LogP contribution in [0.5, 0.6) is 0 Å². The molecule has 1 aromatic carbocycles. The first-order valence-corrected chi connectivity index (χ1v) is 5.01. The van der Waals surface area contributed by atoms with Gasteiger partial charge in [-0.1, -0.05) is 0 Å². The molecular weight excluding hydrogens is 195 g/mol. The van der Waals surface area contributed by atoms with Crippen molar-refractivity contribution in [2.24, 2.45) is 0 Å². The maximum Gasteiger partial charge on any atom is 0.150 e. The molecule has 3 heteroatoms. The van der Waals surface area contributed by atoms with E-state index in [4.69, 9.17) is 0 Å². The summed E-state index contributed by atoms with van der Waals surface area (Å²) in [5.74, 6) is -0.320. The first-order chi connectivity index (χ1) is 7.04. The Kier molecular flexibility index (Phi) is 2.35. The van der Waals surface area contributed by atoms with Crippen molar-refractivity contribution in [1.82, 2.24) is 0 Å². The minimum absolute atomic E-state index is 0.320. The molecule has 0 atom stereocenters. The molecule has 0 heterocycles. The number of halogens is 1. The molecule has 1 aliphatic carbocycles. The third kappa shape index (κ3) is 2.07. The predicted octanol–water partition coefficient (Wildman–Crippen LogP) is 2.01. The number of carbonyl (C=O) groups excluding carboxylic acids is 1. The van der Waals surface area contributed by atoms with E-state index >= 15 is 0 Å². The Hall–Kier alpha value is -1.22. The van der Waals surface area contributed by atoms with Crippen molar-refractivity contribution >= 4 is 6.29 Å². The van der Waals surface area contributed by atoms with Gasteiger partial charge in [0.2, 0.25) is 0 Å². The quantitative estimate of drug-likeness (QED) is 0.771. The lowest BCUT2D eigenvalue weighted by Gasteiger charge is -2.10. The second-order valence-corrected chi connectivity index (χ2v) is 4.32. The summed E-state index contributed by atoms with van der Waals surface area (Å²) in [5.41, 5.74) is 0.852. The van der Waals surface area contributed by atoms with Crippen LogP contribution in [0.25, 0.3) is 0 Å². The van der Waals surface area contributed by atoms with Crippen molar-refractivity contribution in [2.45, 2.75) is 31.8 Å². The Morgan fingerprint density at radius 1 is 1.53 bits per heavy atom. The Labute approximate surface area is 87.7 Å². The highest BCUT2D eigenvalue weighted by molar-refractivity contribution is 5.77. The molecule has 0 aliphatic heterocycles. The van der Waals surface area contributed by atoms with Crippen LogP contribution in [0.4, 0.5) is 4.39 Å². The molecule has 0 spiro atoms. The Morgan fingerprint density at radius 2 is 2.20 bits per heavy atom. The second-order valence-electron chi connectivity index (χ2n) is 4.32. The first-order valence-electron chi connectivity index (χ1n) is 5.01. The average Bonchev–Trinajstić information content (AvgIpc) is 2.89. The third-order valence-electron chi connectivity index (χ3n) is 2.89. The van der Waals surface area contributed by atoms with Crippen molar-refractivity contribution < 1.29 is 14.3 Å². The van der Waals surface area contributed by atoms with Gasteiger partial charge in [0.05, 0.1) is 5.60 Å². The van der Waals surface area contributed by atoms with Gasteiger partial charge in [-0.15, -0.1) is 0 Å². The summed E-state index contributed by atoms with van der Waals surface area (Å²) in [7, 11) is 0. The topological polar surface area (TPSA) is 37.3 Å². The Bertz CT molecular complexity index is 408. The van der Waals surface area contributed by atoms with Crippen LogP contribution in [0.1, 0.15) is 34.3 Å². The van der Waals surface area contributed by atoms with Crippen molar-refractivity contribution in [3.63, 3.8) is 0 Å². The van der Waals surface area contributed by atoms with Crippen molar-refractivity contribution in [1.29, 1.82) is 0 Å². The molecule has 0 aromatic heterocycles. The Morgan fingerprint density at radius 3 is 2.73 bits per heavy atom. The van der Waals surface area contributed by atoms with Gasteiger partial charge < -0.3 is 5.11 Å². The largest absolute Gasteiger partial charge is 0.390 e. The number of hydrogen-bond donors (Lipinski definition) is 1. The van der Waals surface area contributed by atoms with Gasteiger partial charge in [-0.2, -0.15) is 0 Å². The smallest absolute Gasteiger partial charge is 0.150 e. The van der Waals surface area contributed by atoms with Crippen LogP contribution in [0.2, 0.25) is 0 Å². The van der Waals surface area contributed by atoms with Gasteiger partial charge >= 0.3 is 0 Å². The Balaban J connectivity index is 2.36. The summed E-state index contributed by atoms with van der Waals surface area (Å²) < 4.78 is 13.3. The number of aryl methyl sites for hydroxylation is 1. The van der Waals surface area contributed by atoms with Crippen LogP contribution in [0, 0.1) is 12.7 Å².